The summed E-state index contributed by atoms with van der Waals surface area (Å²) in [4.78, 5) is 11.8. The third-order valence-electron chi connectivity index (χ3n) is 7.33. The van der Waals surface area contributed by atoms with Crippen LogP contribution in [0.2, 0.25) is 0 Å². The molecule has 0 spiro atoms. The van der Waals surface area contributed by atoms with E-state index in [9.17, 15) is 4.79 Å². The van der Waals surface area contributed by atoms with E-state index in [2.05, 4.69) is 12.2 Å². The van der Waals surface area contributed by atoms with Crippen LogP contribution in [0, 0.1) is 0 Å². The highest BCUT2D eigenvalue weighted by Crippen LogP contribution is 2.13. The van der Waals surface area contributed by atoms with Crippen LogP contribution in [0.25, 0.3) is 0 Å². The molecule has 0 aromatic heterocycles. The Morgan fingerprint density at radius 3 is 1.36 bits per heavy atom. The van der Waals surface area contributed by atoms with Crippen LogP contribution < -0.4 is 5.32 Å². The Bertz CT molecular complexity index is 548. The Morgan fingerprint density at radius 1 is 0.524 bits per heavy atom. The van der Waals surface area contributed by atoms with E-state index >= 15 is 0 Å². The Morgan fingerprint density at radius 2 is 0.905 bits per heavy atom. The molecule has 9 nitrogen and oxygen atoms in total. The van der Waals surface area contributed by atoms with Crippen LogP contribution in [-0.4, -0.2) is 104 Å². The number of piperidine rings is 1. The Labute approximate surface area is 257 Å². The van der Waals surface area contributed by atoms with Gasteiger partial charge >= 0.3 is 5.97 Å². The third kappa shape index (κ3) is 29.3. The van der Waals surface area contributed by atoms with Crippen molar-refractivity contribution in [3.8, 4) is 0 Å². The summed E-state index contributed by atoms with van der Waals surface area (Å²) >= 11 is 0. The fraction of sp³-hybridized carbons (Fsp3) is 0.970. The summed E-state index contributed by atoms with van der Waals surface area (Å²) < 4.78 is 38.5. The van der Waals surface area contributed by atoms with Gasteiger partial charge in [0.05, 0.1) is 78.8 Å². The zero-order valence-electron chi connectivity index (χ0n) is 27.1. The number of carbonyl (C=O) groups excluding carboxylic acids is 1. The average Bonchev–Trinajstić information content (AvgIpc) is 3.01. The molecule has 0 aromatic rings. The summed E-state index contributed by atoms with van der Waals surface area (Å²) in [5, 5.41) is 3.33. The van der Waals surface area contributed by atoms with Gasteiger partial charge in [-0.15, -0.1) is 0 Å². The van der Waals surface area contributed by atoms with E-state index in [1.54, 1.807) is 0 Å². The third-order valence-corrected chi connectivity index (χ3v) is 7.33. The van der Waals surface area contributed by atoms with Gasteiger partial charge in [-0.25, -0.2) is 0 Å². The number of ether oxygens (including phenoxy) is 7. The van der Waals surface area contributed by atoms with Crippen LogP contribution in [0.4, 0.5) is 0 Å². The van der Waals surface area contributed by atoms with Gasteiger partial charge in [-0.1, -0.05) is 84.0 Å². The molecule has 1 rings (SSSR count). The van der Waals surface area contributed by atoms with Crippen LogP contribution in [0.1, 0.15) is 110 Å². The number of unbranched alkanes of at least 4 members (excludes halogenated alkanes) is 12. The Kier molecular flexibility index (Phi) is 30.9. The van der Waals surface area contributed by atoms with Crippen molar-refractivity contribution in [2.24, 2.45) is 0 Å². The summed E-state index contributed by atoms with van der Waals surface area (Å²) in [6.07, 6.45) is 20.0. The van der Waals surface area contributed by atoms with E-state index in [1.807, 2.05) is 0 Å². The van der Waals surface area contributed by atoms with E-state index in [0.717, 1.165) is 38.8 Å². The van der Waals surface area contributed by atoms with Crippen molar-refractivity contribution in [1.82, 2.24) is 5.32 Å². The molecule has 0 atom stereocenters. The second kappa shape index (κ2) is 33.1. The molecule has 1 aliphatic heterocycles. The molecule has 250 valence electrons. The van der Waals surface area contributed by atoms with Gasteiger partial charge in [0.1, 0.15) is 6.61 Å². The van der Waals surface area contributed by atoms with Crippen molar-refractivity contribution < 1.29 is 38.0 Å². The lowest BCUT2D eigenvalue weighted by molar-refractivity contribution is -0.145. The minimum Gasteiger partial charge on any atom is -0.463 e. The van der Waals surface area contributed by atoms with Crippen molar-refractivity contribution in [2.45, 2.75) is 116 Å². The summed E-state index contributed by atoms with van der Waals surface area (Å²) in [5.74, 6) is -0.121. The summed E-state index contributed by atoms with van der Waals surface area (Å²) in [7, 11) is 0. The van der Waals surface area contributed by atoms with Gasteiger partial charge in [0.2, 0.25) is 0 Å². The molecule has 0 unspecified atom stereocenters. The number of nitrogens with one attached hydrogen (secondary N) is 1. The lowest BCUT2D eigenvalue weighted by Crippen LogP contribution is -2.33. The molecule has 1 aliphatic rings. The van der Waals surface area contributed by atoms with E-state index < -0.39 is 0 Å². The maximum atomic E-state index is 11.8. The summed E-state index contributed by atoms with van der Waals surface area (Å²) in [6.45, 7) is 10.5. The summed E-state index contributed by atoms with van der Waals surface area (Å²) in [6, 6.07) is 0. The van der Waals surface area contributed by atoms with E-state index in [-0.39, 0.29) is 5.97 Å². The standard InChI is InChI=1S/C33H65NO8/c1-2-3-4-5-6-7-8-9-10-11-12-13-14-15-33(35)42-31-29-40-27-25-38-23-21-36-20-22-37-24-26-39-28-30-41-32-16-18-34-19-17-32/h32,34H,2-31H2,1H3. The van der Waals surface area contributed by atoms with Crippen LogP contribution in [-0.2, 0) is 38.0 Å². The minimum atomic E-state index is -0.121. The molecular weight excluding hydrogens is 538 g/mol. The lowest BCUT2D eigenvalue weighted by Gasteiger charge is -2.22. The second-order valence-corrected chi connectivity index (χ2v) is 11.1. The van der Waals surface area contributed by atoms with Gasteiger partial charge in [0.25, 0.3) is 0 Å². The first-order valence-corrected chi connectivity index (χ1v) is 17.2. The molecule has 0 radical (unpaired) electrons. The van der Waals surface area contributed by atoms with Crippen LogP contribution in [0.3, 0.4) is 0 Å². The molecular formula is C33H65NO8. The molecule has 0 saturated carbocycles. The van der Waals surface area contributed by atoms with Crippen molar-refractivity contribution >= 4 is 5.97 Å². The van der Waals surface area contributed by atoms with Crippen molar-refractivity contribution in [3.63, 3.8) is 0 Å². The topological polar surface area (TPSA) is 93.7 Å². The molecule has 0 amide bonds. The number of hydrogen-bond acceptors (Lipinski definition) is 9. The maximum Gasteiger partial charge on any atom is 0.305 e. The highest BCUT2D eigenvalue weighted by molar-refractivity contribution is 5.69. The normalized spacial score (nSPS) is 14.0. The molecule has 0 aromatic carbocycles. The molecule has 0 aliphatic carbocycles. The van der Waals surface area contributed by atoms with E-state index in [1.165, 1.54) is 70.6 Å². The van der Waals surface area contributed by atoms with Gasteiger partial charge in [-0.3, -0.25) is 4.79 Å². The predicted octanol–water partition coefficient (Wildman–Crippen LogP) is 5.86. The number of hydrogen-bond donors (Lipinski definition) is 1. The molecule has 1 heterocycles. The van der Waals surface area contributed by atoms with Gasteiger partial charge in [-0.05, 0) is 32.4 Å². The average molecular weight is 604 g/mol. The molecule has 1 N–H and O–H groups in total. The first-order chi connectivity index (χ1) is 20.8. The van der Waals surface area contributed by atoms with Crippen molar-refractivity contribution in [3.05, 3.63) is 0 Å². The van der Waals surface area contributed by atoms with Gasteiger partial charge in [0, 0.05) is 6.42 Å². The first-order valence-electron chi connectivity index (χ1n) is 17.2. The second-order valence-electron chi connectivity index (χ2n) is 11.1. The minimum absolute atomic E-state index is 0.121. The van der Waals surface area contributed by atoms with Crippen molar-refractivity contribution in [1.29, 1.82) is 0 Å². The molecule has 1 saturated heterocycles. The maximum absolute atomic E-state index is 11.8. The monoisotopic (exact) mass is 603 g/mol. The van der Waals surface area contributed by atoms with Crippen molar-refractivity contribution in [2.75, 3.05) is 92.4 Å². The van der Waals surface area contributed by atoms with Crippen LogP contribution in [0.15, 0.2) is 0 Å². The fourth-order valence-corrected chi connectivity index (χ4v) is 4.79. The SMILES string of the molecule is CCCCCCCCCCCCCCCC(=O)OCCOCCOCCOCCOCCOCCOC1CCNCC1. The van der Waals surface area contributed by atoms with Gasteiger partial charge in [-0.2, -0.15) is 0 Å². The molecule has 9 heteroatoms. The lowest BCUT2D eigenvalue weighted by atomic mass is 10.0. The smallest absolute Gasteiger partial charge is 0.305 e. The van der Waals surface area contributed by atoms with Gasteiger partial charge in [0.15, 0.2) is 0 Å². The fourth-order valence-electron chi connectivity index (χ4n) is 4.79. The number of rotatable bonds is 33. The van der Waals surface area contributed by atoms with E-state index in [0.29, 0.717) is 91.8 Å². The molecule has 1 fully saturated rings. The van der Waals surface area contributed by atoms with Crippen LogP contribution in [0.5, 0.6) is 0 Å². The summed E-state index contributed by atoms with van der Waals surface area (Å²) in [5.41, 5.74) is 0. The van der Waals surface area contributed by atoms with Crippen LogP contribution >= 0.6 is 0 Å². The zero-order valence-corrected chi connectivity index (χ0v) is 27.1. The van der Waals surface area contributed by atoms with E-state index in [4.69, 9.17) is 33.2 Å². The quantitative estimate of drug-likeness (QED) is 0.0731. The number of esters is 1. The highest BCUT2D eigenvalue weighted by atomic mass is 16.6. The highest BCUT2D eigenvalue weighted by Gasteiger charge is 2.12. The predicted molar refractivity (Wildman–Crippen MR) is 167 cm³/mol. The first kappa shape index (κ1) is 39.2. The zero-order chi connectivity index (χ0) is 30.0. The van der Waals surface area contributed by atoms with Gasteiger partial charge < -0.3 is 38.5 Å². The number of carbonyl (C=O) groups is 1. The molecule has 42 heavy (non-hydrogen) atoms. The largest absolute Gasteiger partial charge is 0.463 e. The Balaban J connectivity index is 1.66. The molecule has 0 bridgehead atoms. The Hall–Kier alpha value is -0.810.